The van der Waals surface area contributed by atoms with Crippen molar-refractivity contribution < 1.29 is 37.5 Å². The van der Waals surface area contributed by atoms with Gasteiger partial charge in [-0.05, 0) is 30.5 Å². The maximum Gasteiger partial charge on any atom is 0.586 e. The van der Waals surface area contributed by atoms with Crippen molar-refractivity contribution >= 4 is 64.2 Å². The number of hydrogen-bond donors (Lipinski definition) is 0. The summed E-state index contributed by atoms with van der Waals surface area (Å²) in [5.74, 6) is -3.51. The lowest BCUT2D eigenvalue weighted by atomic mass is 9.96. The van der Waals surface area contributed by atoms with Gasteiger partial charge in [-0.2, -0.15) is 0 Å². The van der Waals surface area contributed by atoms with Crippen LogP contribution in [0.2, 0.25) is 20.1 Å². The van der Waals surface area contributed by atoms with Crippen LogP contribution in [0.25, 0.3) is 0 Å². The van der Waals surface area contributed by atoms with Crippen LogP contribution in [0.1, 0.15) is 39.1 Å². The van der Waals surface area contributed by atoms with E-state index in [1.165, 1.54) is 18.2 Å². The molecule has 0 spiro atoms. The molecule has 0 atom stereocenters. The van der Waals surface area contributed by atoms with Gasteiger partial charge in [0.05, 0.1) is 36.6 Å². The number of carbonyl (C=O) groups excluding carboxylic acids is 3. The van der Waals surface area contributed by atoms with Crippen molar-refractivity contribution in [3.63, 3.8) is 0 Å². The maximum atomic E-state index is 13.3. The molecule has 5 rings (SSSR count). The Hall–Kier alpha value is -2.33. The van der Waals surface area contributed by atoms with E-state index in [0.717, 1.165) is 0 Å². The molecular formula is C19H7Cl4F2NO6. The van der Waals surface area contributed by atoms with Gasteiger partial charge in [0, 0.05) is 0 Å². The summed E-state index contributed by atoms with van der Waals surface area (Å²) in [6.45, 7) is 0. The largest absolute Gasteiger partial charge is 0.586 e. The number of benzene rings is 2. The third kappa shape index (κ3) is 2.95. The topological polar surface area (TPSA) is 82.1 Å². The van der Waals surface area contributed by atoms with Crippen molar-refractivity contribution in [1.29, 1.82) is 0 Å². The van der Waals surface area contributed by atoms with Crippen LogP contribution in [-0.2, 0) is 15.0 Å². The van der Waals surface area contributed by atoms with Crippen LogP contribution < -0.4 is 9.47 Å². The number of alkyl halides is 2. The Bertz CT molecular complexity index is 1220. The number of nitrogens with zero attached hydrogens (tertiary/aromatic N) is 1. The molecule has 0 aromatic heterocycles. The molecule has 2 amide bonds. The van der Waals surface area contributed by atoms with Crippen molar-refractivity contribution in [3.8, 4) is 11.5 Å². The molecule has 32 heavy (non-hydrogen) atoms. The number of amides is 2. The highest BCUT2D eigenvalue weighted by Crippen LogP contribution is 2.53. The van der Waals surface area contributed by atoms with Crippen molar-refractivity contribution in [2.24, 2.45) is 0 Å². The van der Waals surface area contributed by atoms with Gasteiger partial charge in [0.25, 0.3) is 11.8 Å². The van der Waals surface area contributed by atoms with Gasteiger partial charge in [0.15, 0.2) is 11.5 Å². The van der Waals surface area contributed by atoms with Crippen LogP contribution in [0.15, 0.2) is 18.2 Å². The first kappa shape index (κ1) is 21.5. The molecule has 2 aromatic carbocycles. The Morgan fingerprint density at radius 2 is 1.44 bits per heavy atom. The predicted octanol–water partition coefficient (Wildman–Crippen LogP) is 5.41. The van der Waals surface area contributed by atoms with E-state index in [1.807, 2.05) is 0 Å². The molecule has 2 aromatic rings. The minimum Gasteiger partial charge on any atom is -0.395 e. The summed E-state index contributed by atoms with van der Waals surface area (Å²) < 4.78 is 35.3. The van der Waals surface area contributed by atoms with Gasteiger partial charge >= 0.3 is 12.3 Å². The molecule has 1 aliphatic carbocycles. The number of imide groups is 1. The minimum absolute atomic E-state index is 0.193. The Kier molecular flexibility index (Phi) is 4.59. The average Bonchev–Trinajstić information content (AvgIpc) is 3.43. The van der Waals surface area contributed by atoms with Crippen LogP contribution in [-0.4, -0.2) is 29.1 Å². The van der Waals surface area contributed by atoms with Gasteiger partial charge in [-0.25, -0.2) is 4.79 Å². The maximum absolute atomic E-state index is 13.3. The molecule has 1 fully saturated rings. The van der Waals surface area contributed by atoms with E-state index >= 15 is 0 Å². The zero-order valence-corrected chi connectivity index (χ0v) is 18.3. The van der Waals surface area contributed by atoms with Crippen LogP contribution in [0.3, 0.4) is 0 Å². The van der Waals surface area contributed by atoms with Crippen molar-refractivity contribution in [2.45, 2.75) is 24.6 Å². The third-order valence-corrected chi connectivity index (χ3v) is 7.13. The van der Waals surface area contributed by atoms with Gasteiger partial charge in [-0.15, -0.1) is 8.78 Å². The fourth-order valence-corrected chi connectivity index (χ4v) is 4.58. The first-order valence-corrected chi connectivity index (χ1v) is 10.4. The van der Waals surface area contributed by atoms with Crippen LogP contribution in [0.5, 0.6) is 11.5 Å². The van der Waals surface area contributed by atoms with Crippen LogP contribution >= 0.6 is 46.4 Å². The van der Waals surface area contributed by atoms with Crippen LogP contribution in [0.4, 0.5) is 8.78 Å². The molecule has 0 saturated heterocycles. The molecule has 0 N–H and O–H groups in total. The molecule has 3 aliphatic rings. The zero-order valence-electron chi connectivity index (χ0n) is 15.3. The summed E-state index contributed by atoms with van der Waals surface area (Å²) in [5, 5.41) is -0.875. The second-order valence-electron chi connectivity index (χ2n) is 7.20. The lowest BCUT2D eigenvalue weighted by molar-refractivity contribution is -0.286. The summed E-state index contributed by atoms with van der Waals surface area (Å²) in [6, 6.07) is 3.85. The summed E-state index contributed by atoms with van der Waals surface area (Å²) in [4.78, 5) is 43.6. The molecule has 166 valence electrons. The molecule has 2 aliphatic heterocycles. The first-order valence-electron chi connectivity index (χ1n) is 8.84. The minimum atomic E-state index is -3.82. The van der Waals surface area contributed by atoms with Gasteiger partial charge in [0.2, 0.25) is 0 Å². The number of fused-ring (bicyclic) bond motifs is 2. The fraction of sp³-hybridized carbons (Fsp3) is 0.211. The van der Waals surface area contributed by atoms with Crippen molar-refractivity contribution in [1.82, 2.24) is 5.06 Å². The standard InChI is InChI=1S/C19H7Cl4F2NO6/c20-11-9-10(12(21)14(23)13(11)22)16(28)26(15(9)27)32-17(29)18(3-4-18)6-1-2-7-8(5-6)31-19(24,25)30-7/h1-2,5H,3-4H2. The monoisotopic (exact) mass is 523 g/mol. The number of halogens is 6. The highest BCUT2D eigenvalue weighted by Gasteiger charge is 2.56. The number of hydroxylamine groups is 2. The first-order chi connectivity index (χ1) is 15.0. The number of rotatable bonds is 3. The van der Waals surface area contributed by atoms with Crippen molar-refractivity contribution in [2.75, 3.05) is 0 Å². The highest BCUT2D eigenvalue weighted by molar-refractivity contribution is 6.55. The van der Waals surface area contributed by atoms with E-state index in [2.05, 4.69) is 9.47 Å². The number of hydrogen-bond acceptors (Lipinski definition) is 6. The smallest absolute Gasteiger partial charge is 0.395 e. The van der Waals surface area contributed by atoms with Gasteiger partial charge in [-0.1, -0.05) is 57.5 Å². The normalized spacial score (nSPS) is 19.2. The molecule has 0 unspecified atom stereocenters. The molecule has 0 radical (unpaired) electrons. The summed E-state index contributed by atoms with van der Waals surface area (Å²) in [7, 11) is 0. The van der Waals surface area contributed by atoms with E-state index in [0.29, 0.717) is 5.56 Å². The Morgan fingerprint density at radius 1 is 0.906 bits per heavy atom. The van der Waals surface area contributed by atoms with Crippen LogP contribution in [0, 0.1) is 0 Å². The van der Waals surface area contributed by atoms with Crippen molar-refractivity contribution in [3.05, 3.63) is 55.0 Å². The zero-order chi connectivity index (χ0) is 23.2. The van der Waals surface area contributed by atoms with Gasteiger partial charge < -0.3 is 14.3 Å². The van der Waals surface area contributed by atoms with Gasteiger partial charge in [-0.3, -0.25) is 9.59 Å². The number of carbonyl (C=O) groups is 3. The second kappa shape index (κ2) is 6.84. The lowest BCUT2D eigenvalue weighted by Crippen LogP contribution is -2.37. The average molecular weight is 525 g/mol. The number of ether oxygens (including phenoxy) is 2. The SMILES string of the molecule is O=C1c2c(Cl)c(Cl)c(Cl)c(Cl)c2C(=O)N1OC(=O)C1(c2ccc3c(c2)OC(F)(F)O3)CC1. The molecule has 2 heterocycles. The predicted molar refractivity (Wildman–Crippen MR) is 107 cm³/mol. The van der Waals surface area contributed by atoms with Gasteiger partial charge in [0.1, 0.15) is 0 Å². The summed E-state index contributed by atoms with van der Waals surface area (Å²) in [6.07, 6.45) is -3.26. The Balaban J connectivity index is 1.44. The second-order valence-corrected chi connectivity index (χ2v) is 8.71. The Labute approximate surface area is 197 Å². The fourth-order valence-electron chi connectivity index (χ4n) is 3.56. The van der Waals surface area contributed by atoms with E-state index < -0.39 is 29.5 Å². The van der Waals surface area contributed by atoms with E-state index in [-0.39, 0.29) is 60.6 Å². The lowest BCUT2D eigenvalue weighted by Gasteiger charge is -2.19. The third-order valence-electron chi connectivity index (χ3n) is 5.33. The summed E-state index contributed by atoms with van der Waals surface area (Å²) >= 11 is 24.0. The molecule has 7 nitrogen and oxygen atoms in total. The van der Waals surface area contributed by atoms with E-state index in [9.17, 15) is 23.2 Å². The quantitative estimate of drug-likeness (QED) is 0.303. The molecular weight excluding hydrogens is 518 g/mol. The van der Waals surface area contributed by atoms with E-state index in [1.54, 1.807) is 0 Å². The Morgan fingerprint density at radius 3 is 1.97 bits per heavy atom. The van der Waals surface area contributed by atoms with E-state index in [4.69, 9.17) is 51.2 Å². The summed E-state index contributed by atoms with van der Waals surface area (Å²) in [5.41, 5.74) is -1.67. The molecule has 0 bridgehead atoms. The molecule has 1 saturated carbocycles. The highest BCUT2D eigenvalue weighted by atomic mass is 35.5. The molecule has 13 heteroatoms.